The Morgan fingerprint density at radius 3 is 2.16 bits per heavy atom. The van der Waals surface area contributed by atoms with Crippen LogP contribution in [0.2, 0.25) is 0 Å². The first-order valence-electron chi connectivity index (χ1n) is 10.6. The van der Waals surface area contributed by atoms with Gasteiger partial charge in [-0.15, -0.1) is 11.3 Å². The van der Waals surface area contributed by atoms with Crippen molar-refractivity contribution in [3.05, 3.63) is 102 Å². The molecule has 0 saturated heterocycles. The van der Waals surface area contributed by atoms with Gasteiger partial charge in [-0.1, -0.05) is 84.9 Å². The van der Waals surface area contributed by atoms with Crippen LogP contribution < -0.4 is 4.90 Å². The molecule has 0 saturated carbocycles. The van der Waals surface area contributed by atoms with Gasteiger partial charge in [0.1, 0.15) is 10.6 Å². The first-order chi connectivity index (χ1) is 15.3. The van der Waals surface area contributed by atoms with E-state index in [2.05, 4.69) is 77.7 Å². The molecule has 1 aliphatic heterocycles. The van der Waals surface area contributed by atoms with Gasteiger partial charge in [-0.2, -0.15) is 0 Å². The Kier molecular flexibility index (Phi) is 4.50. The molecular weight excluding hydrogens is 398 g/mol. The second-order valence-corrected chi connectivity index (χ2v) is 8.90. The van der Waals surface area contributed by atoms with E-state index < -0.39 is 0 Å². The first kappa shape index (κ1) is 18.3. The van der Waals surface area contributed by atoms with Crippen LogP contribution in [0, 0.1) is 0 Å². The third-order valence-corrected chi connectivity index (χ3v) is 6.97. The van der Waals surface area contributed by atoms with Gasteiger partial charge in [0, 0.05) is 23.5 Å². The summed E-state index contributed by atoms with van der Waals surface area (Å²) in [7, 11) is 0. The summed E-state index contributed by atoms with van der Waals surface area (Å²) >= 11 is 1.75. The van der Waals surface area contributed by atoms with E-state index in [0.29, 0.717) is 0 Å². The molecule has 0 fully saturated rings. The quantitative estimate of drug-likeness (QED) is 0.330. The third kappa shape index (κ3) is 3.39. The summed E-state index contributed by atoms with van der Waals surface area (Å²) < 4.78 is 0. The van der Waals surface area contributed by atoms with E-state index in [0.717, 1.165) is 46.9 Å². The van der Waals surface area contributed by atoms with Crippen LogP contribution in [0.15, 0.2) is 91.0 Å². The van der Waals surface area contributed by atoms with Crippen molar-refractivity contribution in [2.24, 2.45) is 0 Å². The van der Waals surface area contributed by atoms with E-state index in [-0.39, 0.29) is 0 Å². The molecule has 5 aromatic rings. The normalized spacial score (nSPS) is 13.4. The van der Waals surface area contributed by atoms with Crippen LogP contribution in [0.3, 0.4) is 0 Å². The Balaban J connectivity index is 1.52. The maximum absolute atomic E-state index is 5.10. The van der Waals surface area contributed by atoms with Gasteiger partial charge >= 0.3 is 0 Å². The van der Waals surface area contributed by atoms with Crippen molar-refractivity contribution in [2.45, 2.75) is 13.0 Å². The minimum absolute atomic E-state index is 0.795. The molecule has 1 aliphatic rings. The number of rotatable bonds is 3. The Labute approximate surface area is 185 Å². The lowest BCUT2D eigenvalue weighted by molar-refractivity contribution is 0.724. The lowest BCUT2D eigenvalue weighted by Gasteiger charge is -2.30. The molecule has 0 unspecified atom stereocenters. The highest BCUT2D eigenvalue weighted by molar-refractivity contribution is 7.22. The highest BCUT2D eigenvalue weighted by Gasteiger charge is 2.22. The van der Waals surface area contributed by atoms with Crippen LogP contribution in [0.1, 0.15) is 11.1 Å². The molecule has 3 nitrogen and oxygen atoms in total. The van der Waals surface area contributed by atoms with Crippen LogP contribution in [-0.2, 0) is 13.0 Å². The highest BCUT2D eigenvalue weighted by Crippen LogP contribution is 2.39. The zero-order chi connectivity index (χ0) is 20.6. The number of hydrogen-bond donors (Lipinski definition) is 0. The Morgan fingerprint density at radius 1 is 0.710 bits per heavy atom. The molecule has 0 spiro atoms. The van der Waals surface area contributed by atoms with Gasteiger partial charge < -0.3 is 4.90 Å². The van der Waals surface area contributed by atoms with E-state index >= 15 is 0 Å². The second kappa shape index (κ2) is 7.64. The molecule has 0 N–H and O–H groups in total. The zero-order valence-electron chi connectivity index (χ0n) is 17.0. The van der Waals surface area contributed by atoms with Crippen LogP contribution in [-0.4, -0.2) is 16.5 Å². The molecule has 3 aromatic carbocycles. The first-order valence-corrected chi connectivity index (χ1v) is 11.4. The summed E-state index contributed by atoms with van der Waals surface area (Å²) in [6.07, 6.45) is 1.04. The molecule has 4 heteroatoms. The van der Waals surface area contributed by atoms with Crippen molar-refractivity contribution in [1.82, 2.24) is 9.97 Å². The fourth-order valence-corrected chi connectivity index (χ4v) is 5.32. The van der Waals surface area contributed by atoms with E-state index in [1.807, 2.05) is 18.2 Å². The molecule has 150 valence electrons. The zero-order valence-corrected chi connectivity index (χ0v) is 17.8. The van der Waals surface area contributed by atoms with Crippen molar-refractivity contribution >= 4 is 27.4 Å². The van der Waals surface area contributed by atoms with Crippen LogP contribution in [0.25, 0.3) is 32.0 Å². The van der Waals surface area contributed by atoms with Crippen molar-refractivity contribution in [2.75, 3.05) is 11.4 Å². The molecule has 31 heavy (non-hydrogen) atoms. The SMILES string of the molecule is c1ccc(-c2nc(N3CCc4ccccc4C3)c3cc(-c4ccccc4)sc3n2)cc1. The lowest BCUT2D eigenvalue weighted by Crippen LogP contribution is -2.31. The summed E-state index contributed by atoms with van der Waals surface area (Å²) in [4.78, 5) is 14.8. The highest BCUT2D eigenvalue weighted by atomic mass is 32.1. The predicted octanol–water partition coefficient (Wildman–Crippen LogP) is 6.59. The summed E-state index contributed by atoms with van der Waals surface area (Å²) in [5.41, 5.74) is 5.11. The van der Waals surface area contributed by atoms with E-state index in [1.165, 1.54) is 21.6 Å². The van der Waals surface area contributed by atoms with Crippen molar-refractivity contribution in [3.63, 3.8) is 0 Å². The minimum atomic E-state index is 0.795. The number of anilines is 1. The van der Waals surface area contributed by atoms with Gasteiger partial charge in [0.05, 0.1) is 5.39 Å². The Bertz CT molecular complexity index is 1360. The Morgan fingerprint density at radius 2 is 1.39 bits per heavy atom. The number of fused-ring (bicyclic) bond motifs is 2. The minimum Gasteiger partial charge on any atom is -0.351 e. The van der Waals surface area contributed by atoms with Crippen LogP contribution >= 0.6 is 11.3 Å². The van der Waals surface area contributed by atoms with Gasteiger partial charge in [0.25, 0.3) is 0 Å². The molecule has 6 rings (SSSR count). The molecule has 0 amide bonds. The third-order valence-electron chi connectivity index (χ3n) is 5.89. The lowest BCUT2D eigenvalue weighted by atomic mass is 10.00. The summed E-state index contributed by atoms with van der Waals surface area (Å²) in [6.45, 7) is 1.85. The predicted molar refractivity (Wildman–Crippen MR) is 129 cm³/mol. The molecule has 3 heterocycles. The fraction of sp³-hybridized carbons (Fsp3) is 0.111. The maximum Gasteiger partial charge on any atom is 0.163 e. The Hall–Kier alpha value is -3.50. The molecule has 2 aromatic heterocycles. The van der Waals surface area contributed by atoms with Crippen molar-refractivity contribution in [1.29, 1.82) is 0 Å². The summed E-state index contributed by atoms with van der Waals surface area (Å²) in [5, 5.41) is 1.14. The number of hydrogen-bond acceptors (Lipinski definition) is 4. The number of benzene rings is 3. The molecule has 0 atom stereocenters. The summed E-state index contributed by atoms with van der Waals surface area (Å²) in [5.74, 6) is 1.83. The van der Waals surface area contributed by atoms with Gasteiger partial charge in [-0.05, 0) is 29.2 Å². The van der Waals surface area contributed by atoms with Crippen molar-refractivity contribution < 1.29 is 0 Å². The average Bonchev–Trinajstić information content (AvgIpc) is 3.29. The topological polar surface area (TPSA) is 29.0 Å². The number of nitrogens with zero attached hydrogens (tertiary/aromatic N) is 3. The summed E-state index contributed by atoms with van der Waals surface area (Å²) in [6, 6.07) is 31.9. The van der Waals surface area contributed by atoms with Gasteiger partial charge in [0.2, 0.25) is 0 Å². The maximum atomic E-state index is 5.10. The van der Waals surface area contributed by atoms with Gasteiger partial charge in [-0.25, -0.2) is 9.97 Å². The van der Waals surface area contributed by atoms with E-state index in [4.69, 9.17) is 9.97 Å². The monoisotopic (exact) mass is 419 g/mol. The van der Waals surface area contributed by atoms with Crippen LogP contribution in [0.5, 0.6) is 0 Å². The number of thiophene rings is 1. The molecule has 0 aliphatic carbocycles. The second-order valence-electron chi connectivity index (χ2n) is 7.87. The number of aromatic nitrogens is 2. The van der Waals surface area contributed by atoms with Gasteiger partial charge in [-0.3, -0.25) is 0 Å². The average molecular weight is 420 g/mol. The molecule has 0 radical (unpaired) electrons. The van der Waals surface area contributed by atoms with E-state index in [1.54, 1.807) is 11.3 Å². The van der Waals surface area contributed by atoms with Crippen molar-refractivity contribution in [3.8, 4) is 21.8 Å². The van der Waals surface area contributed by atoms with Gasteiger partial charge in [0.15, 0.2) is 5.82 Å². The largest absolute Gasteiger partial charge is 0.351 e. The van der Waals surface area contributed by atoms with Crippen LogP contribution in [0.4, 0.5) is 5.82 Å². The fourth-order valence-electron chi connectivity index (χ4n) is 4.28. The smallest absolute Gasteiger partial charge is 0.163 e. The standard InChI is InChI=1S/C27H21N3S/c1-3-10-20(11-4-1)24-17-23-26(30-16-15-19-9-7-8-14-22(19)18-30)28-25(29-27(23)31-24)21-12-5-2-6-13-21/h1-14,17H,15-16,18H2. The molecular formula is C27H21N3S. The van der Waals surface area contributed by atoms with E-state index in [9.17, 15) is 0 Å². The molecule has 0 bridgehead atoms.